The van der Waals surface area contributed by atoms with Crippen LogP contribution in [0.2, 0.25) is 0 Å². The second-order valence-corrected chi connectivity index (χ2v) is 9.85. The van der Waals surface area contributed by atoms with Crippen molar-refractivity contribution in [3.05, 3.63) is 83.4 Å². The molecule has 1 aliphatic heterocycles. The first-order valence-electron chi connectivity index (χ1n) is 11.8. The van der Waals surface area contributed by atoms with E-state index in [4.69, 9.17) is 5.73 Å². The van der Waals surface area contributed by atoms with Gasteiger partial charge in [0.05, 0.1) is 16.8 Å². The molecule has 11 heteroatoms. The molecule has 1 aromatic carbocycles. The van der Waals surface area contributed by atoms with E-state index >= 15 is 0 Å². The average Bonchev–Trinajstić information content (AvgIpc) is 3.46. The first-order valence-corrected chi connectivity index (χ1v) is 12.6. The molecule has 0 atom stereocenters. The fraction of sp³-hybridized carbons (Fsp3) is 0.320. The molecule has 0 unspecified atom stereocenters. The number of nitrogens with two attached hydrogens (primary N) is 1. The molecule has 0 spiro atoms. The molecule has 0 bridgehead atoms. The number of aryl methyl sites for hydroxylation is 2. The number of nitrogens with one attached hydrogen (secondary N) is 1. The van der Waals surface area contributed by atoms with Crippen LogP contribution in [0.15, 0.2) is 44.7 Å². The van der Waals surface area contributed by atoms with Crippen LogP contribution in [-0.2, 0) is 19.5 Å². The number of benzene rings is 1. The van der Waals surface area contributed by atoms with Crippen LogP contribution in [-0.4, -0.2) is 31.6 Å². The van der Waals surface area contributed by atoms with Gasteiger partial charge in [-0.2, -0.15) is 0 Å². The van der Waals surface area contributed by atoms with E-state index in [9.17, 15) is 19.2 Å². The van der Waals surface area contributed by atoms with Gasteiger partial charge in [-0.1, -0.05) is 37.3 Å². The second-order valence-electron chi connectivity index (χ2n) is 8.85. The predicted octanol–water partition coefficient (Wildman–Crippen LogP) is 2.25. The van der Waals surface area contributed by atoms with Crippen LogP contribution in [0.3, 0.4) is 0 Å². The molecule has 0 saturated carbocycles. The van der Waals surface area contributed by atoms with Gasteiger partial charge in [-0.15, -0.1) is 11.3 Å². The van der Waals surface area contributed by atoms with Crippen molar-refractivity contribution in [3.63, 3.8) is 0 Å². The van der Waals surface area contributed by atoms with Crippen LogP contribution < -0.4 is 27.4 Å². The van der Waals surface area contributed by atoms with E-state index in [1.165, 1.54) is 9.47 Å². The van der Waals surface area contributed by atoms with Gasteiger partial charge in [0.25, 0.3) is 17.0 Å². The molecule has 186 valence electrons. The molecule has 36 heavy (non-hydrogen) atoms. The van der Waals surface area contributed by atoms with Gasteiger partial charge < -0.3 is 5.73 Å². The van der Waals surface area contributed by atoms with Crippen LogP contribution in [0, 0.1) is 6.92 Å². The number of carbonyl (C=O) groups excluding carboxylic acids is 1. The first kappa shape index (κ1) is 23.7. The maximum atomic E-state index is 13.9. The minimum absolute atomic E-state index is 0.0820. The van der Waals surface area contributed by atoms with Gasteiger partial charge in [-0.3, -0.25) is 33.4 Å². The molecule has 0 saturated heterocycles. The van der Waals surface area contributed by atoms with Gasteiger partial charge >= 0.3 is 5.69 Å². The average molecular weight is 507 g/mol. The number of aromatic nitrogens is 4. The highest BCUT2D eigenvalue weighted by molar-refractivity contribution is 7.20. The molecule has 3 aromatic heterocycles. The molecule has 0 fully saturated rings. The maximum Gasteiger partial charge on any atom is 0.330 e. The minimum atomic E-state index is -0.737. The SMILES string of the molecule is CCCN(C(=O)c1sc2nc3n(c(=O)c2c1C)CCC3)c1c(N)n(Cc2ccccc2)c(=O)[nH]c1=O. The van der Waals surface area contributed by atoms with Crippen LogP contribution in [0.1, 0.15) is 46.4 Å². The summed E-state index contributed by atoms with van der Waals surface area (Å²) >= 11 is 1.15. The number of fused-ring (bicyclic) bond motifs is 2. The Morgan fingerprint density at radius 1 is 1.22 bits per heavy atom. The smallest absolute Gasteiger partial charge is 0.330 e. The Bertz CT molecular complexity index is 1660. The third-order valence-corrected chi connectivity index (χ3v) is 7.64. The number of H-pyrrole nitrogens is 1. The zero-order chi connectivity index (χ0) is 25.6. The van der Waals surface area contributed by atoms with Crippen molar-refractivity contribution in [2.24, 2.45) is 0 Å². The Morgan fingerprint density at radius 2 is 1.97 bits per heavy atom. The summed E-state index contributed by atoms with van der Waals surface area (Å²) in [7, 11) is 0. The summed E-state index contributed by atoms with van der Waals surface area (Å²) in [4.78, 5) is 61.6. The Morgan fingerprint density at radius 3 is 2.69 bits per heavy atom. The molecule has 3 N–H and O–H groups in total. The lowest BCUT2D eigenvalue weighted by atomic mass is 10.2. The lowest BCUT2D eigenvalue weighted by Gasteiger charge is -2.24. The fourth-order valence-corrected chi connectivity index (χ4v) is 5.84. The van der Waals surface area contributed by atoms with Gasteiger partial charge in [0.2, 0.25) is 0 Å². The largest absolute Gasteiger partial charge is 0.383 e. The summed E-state index contributed by atoms with van der Waals surface area (Å²) in [5.74, 6) is 0.182. The van der Waals surface area contributed by atoms with Crippen LogP contribution in [0.4, 0.5) is 11.5 Å². The van der Waals surface area contributed by atoms with Crippen molar-refractivity contribution < 1.29 is 4.79 Å². The zero-order valence-electron chi connectivity index (χ0n) is 20.0. The zero-order valence-corrected chi connectivity index (χ0v) is 20.9. The fourth-order valence-electron chi connectivity index (χ4n) is 4.70. The van der Waals surface area contributed by atoms with Crippen molar-refractivity contribution in [1.82, 2.24) is 19.1 Å². The summed E-state index contributed by atoms with van der Waals surface area (Å²) in [6.07, 6.45) is 2.14. The molecule has 4 aromatic rings. The maximum absolute atomic E-state index is 13.9. The summed E-state index contributed by atoms with van der Waals surface area (Å²) in [5, 5.41) is 0.432. The van der Waals surface area contributed by atoms with Gasteiger partial charge in [-0.25, -0.2) is 9.78 Å². The lowest BCUT2D eigenvalue weighted by molar-refractivity contribution is 0.0990. The number of hydrogen-bond acceptors (Lipinski definition) is 7. The number of aromatic amines is 1. The quantitative estimate of drug-likeness (QED) is 0.412. The molecule has 4 heterocycles. The van der Waals surface area contributed by atoms with Gasteiger partial charge in [0, 0.05) is 19.5 Å². The minimum Gasteiger partial charge on any atom is -0.383 e. The standard InChI is InChI=1S/C25H26N6O4S/c1-3-11-30(18-20(26)31(25(35)28-21(18)32)13-15-8-5-4-6-9-15)24(34)19-14(2)17-22(36-19)27-16-10-7-12-29(16)23(17)33/h4-6,8-9H,3,7,10-13,26H2,1-2H3,(H,28,32,35). The Labute approximate surface area is 209 Å². The van der Waals surface area contributed by atoms with Crippen molar-refractivity contribution in [1.29, 1.82) is 0 Å². The van der Waals surface area contributed by atoms with Crippen LogP contribution in [0.5, 0.6) is 0 Å². The van der Waals surface area contributed by atoms with Gasteiger partial charge in [-0.05, 0) is 30.9 Å². The molecular formula is C25H26N6O4S. The van der Waals surface area contributed by atoms with Crippen molar-refractivity contribution >= 4 is 39.0 Å². The van der Waals surface area contributed by atoms with Crippen molar-refractivity contribution in [2.75, 3.05) is 17.2 Å². The van der Waals surface area contributed by atoms with E-state index in [1.807, 2.05) is 37.3 Å². The third kappa shape index (κ3) is 3.85. The second kappa shape index (κ2) is 9.23. The number of nitrogens with zero attached hydrogens (tertiary/aromatic N) is 4. The van der Waals surface area contributed by atoms with E-state index in [0.717, 1.165) is 35.6 Å². The summed E-state index contributed by atoms with van der Waals surface area (Å²) < 4.78 is 2.92. The Hall–Kier alpha value is -3.99. The normalized spacial score (nSPS) is 12.7. The monoisotopic (exact) mass is 506 g/mol. The third-order valence-electron chi connectivity index (χ3n) is 6.47. The number of thiophene rings is 1. The molecule has 0 aliphatic carbocycles. The van der Waals surface area contributed by atoms with Crippen molar-refractivity contribution in [2.45, 2.75) is 46.2 Å². The topological polar surface area (TPSA) is 136 Å². The van der Waals surface area contributed by atoms with Crippen LogP contribution in [0.25, 0.3) is 10.2 Å². The van der Waals surface area contributed by atoms with Crippen LogP contribution >= 0.6 is 11.3 Å². The predicted molar refractivity (Wildman–Crippen MR) is 140 cm³/mol. The van der Waals surface area contributed by atoms with E-state index in [2.05, 4.69) is 9.97 Å². The molecule has 0 radical (unpaired) electrons. The number of rotatable bonds is 6. The highest BCUT2D eigenvalue weighted by Crippen LogP contribution is 2.31. The number of amides is 1. The van der Waals surface area contributed by atoms with E-state index in [-0.39, 0.29) is 30.2 Å². The molecular weight excluding hydrogens is 480 g/mol. The van der Waals surface area contributed by atoms with E-state index < -0.39 is 17.2 Å². The Kier molecular flexibility index (Phi) is 6.09. The van der Waals surface area contributed by atoms with E-state index in [1.54, 1.807) is 11.5 Å². The van der Waals surface area contributed by atoms with Crippen molar-refractivity contribution in [3.8, 4) is 0 Å². The number of nitrogen functional groups attached to an aromatic ring is 1. The molecule has 10 nitrogen and oxygen atoms in total. The first-order chi connectivity index (χ1) is 17.3. The molecule has 1 amide bonds. The highest BCUT2D eigenvalue weighted by atomic mass is 32.1. The molecule has 5 rings (SSSR count). The lowest BCUT2D eigenvalue weighted by Crippen LogP contribution is -2.41. The summed E-state index contributed by atoms with van der Waals surface area (Å²) in [6.45, 7) is 4.56. The molecule has 1 aliphatic rings. The van der Waals surface area contributed by atoms with E-state index in [0.29, 0.717) is 33.6 Å². The van der Waals surface area contributed by atoms with Gasteiger partial charge in [0.15, 0.2) is 5.69 Å². The Balaban J connectivity index is 1.63. The summed E-state index contributed by atoms with van der Waals surface area (Å²) in [6, 6.07) is 9.22. The highest BCUT2D eigenvalue weighted by Gasteiger charge is 2.29. The number of anilines is 2. The number of hydrogen-bond donors (Lipinski definition) is 2. The number of carbonyl (C=O) groups is 1. The summed E-state index contributed by atoms with van der Waals surface area (Å²) in [5.41, 5.74) is 6.11. The van der Waals surface area contributed by atoms with Gasteiger partial charge in [0.1, 0.15) is 16.5 Å².